The summed E-state index contributed by atoms with van der Waals surface area (Å²) in [7, 11) is 0. The Morgan fingerprint density at radius 1 is 1.29 bits per heavy atom. The predicted octanol–water partition coefficient (Wildman–Crippen LogP) is 4.71. The Morgan fingerprint density at radius 2 is 2.06 bits per heavy atom. The zero-order chi connectivity index (χ0) is 12.1. The number of thioether (sulfide) groups is 1. The van der Waals surface area contributed by atoms with E-state index in [0.717, 1.165) is 16.5 Å². The number of hydrogen-bond acceptors (Lipinski definition) is 3. The summed E-state index contributed by atoms with van der Waals surface area (Å²) in [6, 6.07) is 3.91. The molecular weight excluding hydrogens is 270 g/mol. The summed E-state index contributed by atoms with van der Waals surface area (Å²) < 4.78 is 0. The molecule has 0 bridgehead atoms. The Hall–Kier alpha value is 0.140. The lowest BCUT2D eigenvalue weighted by atomic mass is 9.77. The molecule has 1 aliphatic rings. The van der Waals surface area contributed by atoms with Crippen LogP contribution in [0.1, 0.15) is 32.1 Å². The lowest BCUT2D eigenvalue weighted by Crippen LogP contribution is -2.28. The quantitative estimate of drug-likeness (QED) is 0.636. The molecule has 2 rings (SSSR count). The van der Waals surface area contributed by atoms with Gasteiger partial charge in [-0.2, -0.15) is 12.6 Å². The molecule has 17 heavy (non-hydrogen) atoms. The van der Waals surface area contributed by atoms with Crippen molar-refractivity contribution in [2.75, 3.05) is 11.5 Å². The van der Waals surface area contributed by atoms with E-state index in [4.69, 9.17) is 11.6 Å². The van der Waals surface area contributed by atoms with Crippen LogP contribution in [0.2, 0.25) is 5.02 Å². The van der Waals surface area contributed by atoms with Gasteiger partial charge in [0.1, 0.15) is 0 Å². The Morgan fingerprint density at radius 3 is 2.65 bits per heavy atom. The minimum atomic E-state index is 0.424. The molecule has 0 unspecified atom stereocenters. The topological polar surface area (TPSA) is 12.9 Å². The van der Waals surface area contributed by atoms with E-state index in [9.17, 15) is 0 Å². The molecule has 0 radical (unpaired) electrons. The number of halogens is 1. The maximum atomic E-state index is 5.83. The van der Waals surface area contributed by atoms with Crippen LogP contribution in [0.15, 0.2) is 23.4 Å². The molecule has 0 aromatic carbocycles. The van der Waals surface area contributed by atoms with Crippen LogP contribution < -0.4 is 0 Å². The number of aromatic nitrogens is 1. The molecule has 0 N–H and O–H groups in total. The summed E-state index contributed by atoms with van der Waals surface area (Å²) in [5.41, 5.74) is 0.424. The van der Waals surface area contributed by atoms with Gasteiger partial charge in [-0.25, -0.2) is 4.98 Å². The molecule has 1 saturated carbocycles. The molecule has 94 valence electrons. The van der Waals surface area contributed by atoms with Crippen molar-refractivity contribution in [3.05, 3.63) is 23.4 Å². The molecular formula is C13H18ClNS2. The van der Waals surface area contributed by atoms with Gasteiger partial charge in [0.15, 0.2) is 0 Å². The van der Waals surface area contributed by atoms with E-state index in [2.05, 4.69) is 17.6 Å². The van der Waals surface area contributed by atoms with Crippen molar-refractivity contribution in [3.8, 4) is 0 Å². The normalized spacial score (nSPS) is 19.2. The Balaban J connectivity index is 1.93. The van der Waals surface area contributed by atoms with E-state index >= 15 is 0 Å². The smallest absolute Gasteiger partial charge is 0.0961 e. The third-order valence-electron chi connectivity index (χ3n) is 3.48. The van der Waals surface area contributed by atoms with Crippen molar-refractivity contribution in [2.24, 2.45) is 5.41 Å². The average molecular weight is 288 g/mol. The molecule has 4 heteroatoms. The van der Waals surface area contributed by atoms with Crippen molar-refractivity contribution in [1.29, 1.82) is 0 Å². The molecule has 0 spiro atoms. The second-order valence-corrected chi connectivity index (χ2v) is 6.57. The predicted molar refractivity (Wildman–Crippen MR) is 79.3 cm³/mol. The third kappa shape index (κ3) is 3.80. The lowest BCUT2D eigenvalue weighted by Gasteiger charge is -2.35. The van der Waals surface area contributed by atoms with Crippen LogP contribution in [0.5, 0.6) is 0 Å². The number of nitrogens with zero attached hydrogens (tertiary/aromatic N) is 1. The SMILES string of the molecule is SCC1(CSc2ccc(Cl)cn2)CCCCC1. The van der Waals surface area contributed by atoms with Crippen molar-refractivity contribution < 1.29 is 0 Å². The van der Waals surface area contributed by atoms with Gasteiger partial charge in [-0.05, 0) is 36.1 Å². The zero-order valence-corrected chi connectivity index (χ0v) is 12.3. The van der Waals surface area contributed by atoms with Gasteiger partial charge >= 0.3 is 0 Å². The summed E-state index contributed by atoms with van der Waals surface area (Å²) in [5, 5.41) is 1.78. The van der Waals surface area contributed by atoms with Crippen LogP contribution in [0.25, 0.3) is 0 Å². The standard InChI is InChI=1S/C13H18ClNS2/c14-11-4-5-12(15-8-11)17-10-13(9-16)6-2-1-3-7-13/h4-5,8,16H,1-3,6-7,9-10H2. The monoisotopic (exact) mass is 287 g/mol. The van der Waals surface area contributed by atoms with Gasteiger partial charge in [-0.3, -0.25) is 0 Å². The summed E-state index contributed by atoms with van der Waals surface area (Å²) >= 11 is 12.2. The minimum absolute atomic E-state index is 0.424. The average Bonchev–Trinajstić information content (AvgIpc) is 2.39. The fraction of sp³-hybridized carbons (Fsp3) is 0.615. The van der Waals surface area contributed by atoms with E-state index in [1.807, 2.05) is 23.9 Å². The van der Waals surface area contributed by atoms with Crippen molar-refractivity contribution >= 4 is 36.0 Å². The largest absolute Gasteiger partial charge is 0.248 e. The summed E-state index contributed by atoms with van der Waals surface area (Å²) in [6.07, 6.45) is 8.45. The van der Waals surface area contributed by atoms with E-state index < -0.39 is 0 Å². The van der Waals surface area contributed by atoms with Crippen LogP contribution in [0.4, 0.5) is 0 Å². The van der Waals surface area contributed by atoms with Crippen LogP contribution in [-0.4, -0.2) is 16.5 Å². The first-order chi connectivity index (χ1) is 8.24. The summed E-state index contributed by atoms with van der Waals surface area (Å²) in [4.78, 5) is 4.33. The van der Waals surface area contributed by atoms with Gasteiger partial charge in [0, 0.05) is 11.9 Å². The third-order valence-corrected chi connectivity index (χ3v) is 5.66. The highest BCUT2D eigenvalue weighted by molar-refractivity contribution is 7.99. The van der Waals surface area contributed by atoms with Crippen LogP contribution in [0.3, 0.4) is 0 Å². The highest BCUT2D eigenvalue weighted by atomic mass is 35.5. The fourth-order valence-electron chi connectivity index (χ4n) is 2.32. The molecule has 1 aromatic heterocycles. The summed E-state index contributed by atoms with van der Waals surface area (Å²) in [6.45, 7) is 0. The van der Waals surface area contributed by atoms with Gasteiger partial charge in [0.2, 0.25) is 0 Å². The molecule has 1 aromatic rings. The second kappa shape index (κ2) is 6.35. The molecule has 0 aliphatic heterocycles. The first kappa shape index (κ1) is 13.6. The maximum Gasteiger partial charge on any atom is 0.0961 e. The van der Waals surface area contributed by atoms with Crippen LogP contribution in [-0.2, 0) is 0 Å². The number of thiol groups is 1. The first-order valence-corrected chi connectivity index (χ1v) is 8.09. The van der Waals surface area contributed by atoms with Gasteiger partial charge in [-0.1, -0.05) is 30.9 Å². The van der Waals surface area contributed by atoms with Gasteiger partial charge in [0.25, 0.3) is 0 Å². The molecule has 0 atom stereocenters. The zero-order valence-electron chi connectivity index (χ0n) is 9.86. The number of pyridine rings is 1. The van der Waals surface area contributed by atoms with Crippen molar-refractivity contribution in [3.63, 3.8) is 0 Å². The Kier molecular flexibility index (Phi) is 5.07. The van der Waals surface area contributed by atoms with Gasteiger partial charge in [0.05, 0.1) is 10.0 Å². The number of rotatable bonds is 4. The fourth-order valence-corrected chi connectivity index (χ4v) is 4.15. The van der Waals surface area contributed by atoms with E-state index in [-0.39, 0.29) is 0 Å². The molecule has 0 amide bonds. The van der Waals surface area contributed by atoms with E-state index in [1.165, 1.54) is 32.1 Å². The Bertz CT molecular complexity index is 347. The maximum absolute atomic E-state index is 5.83. The van der Waals surface area contributed by atoms with Crippen molar-refractivity contribution in [1.82, 2.24) is 4.98 Å². The molecule has 1 heterocycles. The molecule has 1 fully saturated rings. The molecule has 1 nitrogen and oxygen atoms in total. The van der Waals surface area contributed by atoms with Crippen molar-refractivity contribution in [2.45, 2.75) is 37.1 Å². The van der Waals surface area contributed by atoms with Gasteiger partial charge < -0.3 is 0 Å². The summed E-state index contributed by atoms with van der Waals surface area (Å²) in [5.74, 6) is 2.12. The van der Waals surface area contributed by atoms with Crippen LogP contribution >= 0.6 is 36.0 Å². The highest BCUT2D eigenvalue weighted by Crippen LogP contribution is 2.41. The van der Waals surface area contributed by atoms with Gasteiger partial charge in [-0.15, -0.1) is 11.8 Å². The number of hydrogen-bond donors (Lipinski definition) is 1. The second-order valence-electron chi connectivity index (χ2n) is 4.82. The minimum Gasteiger partial charge on any atom is -0.248 e. The van der Waals surface area contributed by atoms with Crippen LogP contribution in [0, 0.1) is 5.41 Å². The first-order valence-electron chi connectivity index (χ1n) is 6.09. The van der Waals surface area contributed by atoms with E-state index in [0.29, 0.717) is 10.4 Å². The highest BCUT2D eigenvalue weighted by Gasteiger charge is 2.30. The molecule has 0 saturated heterocycles. The molecule has 1 aliphatic carbocycles. The lowest BCUT2D eigenvalue weighted by molar-refractivity contribution is 0.258. The Labute approximate surface area is 118 Å². The van der Waals surface area contributed by atoms with E-state index in [1.54, 1.807) is 6.20 Å².